The number of hydrogen-bond donors (Lipinski definition) is 4. The molecule has 1 rings (SSSR count). The molecular weight excluding hydrogens is 540 g/mol. The molecule has 42 heavy (non-hydrogen) atoms. The van der Waals surface area contributed by atoms with E-state index in [9.17, 15) is 25.2 Å². The van der Waals surface area contributed by atoms with Crippen molar-refractivity contribution >= 4 is 5.97 Å². The summed E-state index contributed by atoms with van der Waals surface area (Å²) in [6, 6.07) is 0. The van der Waals surface area contributed by atoms with E-state index in [4.69, 9.17) is 18.9 Å². The third-order valence-electron chi connectivity index (χ3n) is 8.02. The van der Waals surface area contributed by atoms with E-state index in [1.807, 2.05) is 0 Å². The van der Waals surface area contributed by atoms with E-state index >= 15 is 0 Å². The fraction of sp³-hybridized carbons (Fsp3) is 0.970. The summed E-state index contributed by atoms with van der Waals surface area (Å²) >= 11 is 0. The first-order chi connectivity index (χ1) is 20.4. The van der Waals surface area contributed by atoms with E-state index in [1.165, 1.54) is 89.9 Å². The predicted molar refractivity (Wildman–Crippen MR) is 164 cm³/mol. The number of hydrogen-bond acceptors (Lipinski definition) is 9. The molecule has 0 radical (unpaired) electrons. The molecule has 1 saturated heterocycles. The van der Waals surface area contributed by atoms with Gasteiger partial charge in [-0.15, -0.1) is 0 Å². The minimum Gasteiger partial charge on any atom is -0.457 e. The second-order valence-electron chi connectivity index (χ2n) is 12.0. The summed E-state index contributed by atoms with van der Waals surface area (Å²) in [5.41, 5.74) is 0. The van der Waals surface area contributed by atoms with Gasteiger partial charge in [-0.1, -0.05) is 123 Å². The molecule has 0 aromatic heterocycles. The maximum absolute atomic E-state index is 12.5. The summed E-state index contributed by atoms with van der Waals surface area (Å²) < 4.78 is 22.5. The van der Waals surface area contributed by atoms with Crippen LogP contribution in [-0.2, 0) is 23.7 Å². The van der Waals surface area contributed by atoms with E-state index in [0.717, 1.165) is 32.1 Å². The molecule has 250 valence electrons. The fourth-order valence-corrected chi connectivity index (χ4v) is 5.25. The van der Waals surface area contributed by atoms with Gasteiger partial charge in [0.2, 0.25) is 0 Å². The molecule has 1 aliphatic heterocycles. The van der Waals surface area contributed by atoms with Gasteiger partial charge in [-0.3, -0.25) is 4.79 Å². The summed E-state index contributed by atoms with van der Waals surface area (Å²) in [4.78, 5) is 12.5. The van der Waals surface area contributed by atoms with Crippen molar-refractivity contribution in [2.75, 3.05) is 26.4 Å². The monoisotopic (exact) mass is 604 g/mol. The minimum atomic E-state index is -1.53. The Labute approximate surface area is 255 Å². The van der Waals surface area contributed by atoms with Crippen LogP contribution >= 0.6 is 0 Å². The highest BCUT2D eigenvalue weighted by Gasteiger charge is 2.44. The van der Waals surface area contributed by atoms with Crippen molar-refractivity contribution in [2.45, 2.75) is 179 Å². The molecule has 4 N–H and O–H groups in total. The van der Waals surface area contributed by atoms with Crippen LogP contribution in [0.3, 0.4) is 0 Å². The summed E-state index contributed by atoms with van der Waals surface area (Å²) in [6.45, 7) is 4.50. The van der Waals surface area contributed by atoms with Gasteiger partial charge in [0.05, 0.1) is 19.8 Å². The van der Waals surface area contributed by atoms with Crippen molar-refractivity contribution in [3.63, 3.8) is 0 Å². The minimum absolute atomic E-state index is 0.107. The molecular formula is C33H64O9. The number of carbonyl (C=O) groups is 1. The molecule has 6 atom stereocenters. The zero-order valence-electron chi connectivity index (χ0n) is 26.8. The highest BCUT2D eigenvalue weighted by atomic mass is 16.7. The Morgan fingerprint density at radius 2 is 1.17 bits per heavy atom. The van der Waals surface area contributed by atoms with Gasteiger partial charge in [-0.25, -0.2) is 0 Å². The molecule has 9 nitrogen and oxygen atoms in total. The predicted octanol–water partition coefficient (Wildman–Crippen LogP) is 5.57. The fourth-order valence-electron chi connectivity index (χ4n) is 5.25. The second kappa shape index (κ2) is 26.6. The van der Waals surface area contributed by atoms with Gasteiger partial charge < -0.3 is 39.4 Å². The number of unbranched alkanes of at least 4 members (excludes halogenated alkanes) is 17. The molecule has 1 fully saturated rings. The zero-order valence-corrected chi connectivity index (χ0v) is 26.8. The normalized spacial score (nSPS) is 23.2. The van der Waals surface area contributed by atoms with Crippen molar-refractivity contribution < 1.29 is 44.2 Å². The van der Waals surface area contributed by atoms with Crippen molar-refractivity contribution in [3.05, 3.63) is 0 Å². The third kappa shape index (κ3) is 18.8. The molecule has 0 aromatic carbocycles. The Morgan fingerprint density at radius 1 is 0.667 bits per heavy atom. The van der Waals surface area contributed by atoms with E-state index < -0.39 is 43.4 Å². The number of carbonyl (C=O) groups excluding carboxylic acids is 1. The van der Waals surface area contributed by atoms with Crippen LogP contribution < -0.4 is 0 Å². The van der Waals surface area contributed by atoms with Gasteiger partial charge in [-0.2, -0.15) is 0 Å². The highest BCUT2D eigenvalue weighted by molar-refractivity contribution is 5.69. The first-order valence-corrected chi connectivity index (χ1v) is 17.1. The Kier molecular flexibility index (Phi) is 24.8. The van der Waals surface area contributed by atoms with Crippen LogP contribution in [0.1, 0.15) is 142 Å². The first-order valence-electron chi connectivity index (χ1n) is 17.1. The molecule has 9 heteroatoms. The van der Waals surface area contributed by atoms with Crippen molar-refractivity contribution in [1.29, 1.82) is 0 Å². The van der Waals surface area contributed by atoms with Crippen LogP contribution in [0.4, 0.5) is 0 Å². The van der Waals surface area contributed by atoms with Crippen LogP contribution in [0.25, 0.3) is 0 Å². The number of aliphatic hydroxyl groups is 4. The van der Waals surface area contributed by atoms with Gasteiger partial charge in [0.1, 0.15) is 30.5 Å². The Hall–Kier alpha value is -0.810. The Balaban J connectivity index is 2.35. The maximum Gasteiger partial charge on any atom is 0.306 e. The lowest BCUT2D eigenvalue weighted by Crippen LogP contribution is -2.59. The SMILES string of the molecule is CCCCCCCCCCCCCCOCC(COC1OC(CO)C(O)C(O)C1O)OC(=O)CCCCCCCCC. The lowest BCUT2D eigenvalue weighted by molar-refractivity contribution is -0.305. The molecule has 0 aromatic rings. The first kappa shape index (κ1) is 39.2. The zero-order chi connectivity index (χ0) is 30.8. The number of ether oxygens (including phenoxy) is 4. The van der Waals surface area contributed by atoms with Gasteiger partial charge in [0, 0.05) is 13.0 Å². The average molecular weight is 605 g/mol. The molecule has 0 aliphatic carbocycles. The topological polar surface area (TPSA) is 135 Å². The third-order valence-corrected chi connectivity index (χ3v) is 8.02. The summed E-state index contributed by atoms with van der Waals surface area (Å²) in [5, 5.41) is 39.7. The Morgan fingerprint density at radius 3 is 1.69 bits per heavy atom. The molecule has 0 saturated carbocycles. The molecule has 0 spiro atoms. The van der Waals surface area contributed by atoms with E-state index in [-0.39, 0.29) is 19.2 Å². The summed E-state index contributed by atoms with van der Waals surface area (Å²) in [7, 11) is 0. The van der Waals surface area contributed by atoms with Crippen LogP contribution in [0, 0.1) is 0 Å². The number of esters is 1. The lowest BCUT2D eigenvalue weighted by atomic mass is 9.99. The van der Waals surface area contributed by atoms with Gasteiger partial charge in [-0.05, 0) is 12.8 Å². The lowest BCUT2D eigenvalue weighted by Gasteiger charge is -2.39. The van der Waals surface area contributed by atoms with Gasteiger partial charge in [0.25, 0.3) is 0 Å². The molecule has 1 heterocycles. The smallest absolute Gasteiger partial charge is 0.306 e. The van der Waals surface area contributed by atoms with Gasteiger partial charge in [0.15, 0.2) is 6.29 Å². The van der Waals surface area contributed by atoms with Crippen molar-refractivity contribution in [1.82, 2.24) is 0 Å². The molecule has 0 amide bonds. The standard InChI is InChI=1S/C33H64O9/c1-3-5-7-9-11-12-13-14-15-17-19-21-23-39-25-27(41-29(35)22-20-18-16-10-8-6-4-2)26-40-33-32(38)31(37)30(36)28(24-34)42-33/h27-28,30-34,36-38H,3-26H2,1-2H3. The van der Waals surface area contributed by atoms with Crippen LogP contribution in [0.2, 0.25) is 0 Å². The van der Waals surface area contributed by atoms with E-state index in [1.54, 1.807) is 0 Å². The van der Waals surface area contributed by atoms with Gasteiger partial charge >= 0.3 is 5.97 Å². The second-order valence-corrected chi connectivity index (χ2v) is 12.0. The number of aliphatic hydroxyl groups excluding tert-OH is 4. The quantitative estimate of drug-likeness (QED) is 0.0667. The Bertz CT molecular complexity index is 618. The van der Waals surface area contributed by atoms with Crippen molar-refractivity contribution in [2.24, 2.45) is 0 Å². The summed E-state index contributed by atoms with van der Waals surface area (Å²) in [6.07, 6.45) is 15.7. The van der Waals surface area contributed by atoms with Crippen LogP contribution in [0.15, 0.2) is 0 Å². The van der Waals surface area contributed by atoms with E-state index in [0.29, 0.717) is 13.0 Å². The van der Waals surface area contributed by atoms with Crippen LogP contribution in [-0.4, -0.2) is 89.6 Å². The molecule has 0 bridgehead atoms. The van der Waals surface area contributed by atoms with Crippen molar-refractivity contribution in [3.8, 4) is 0 Å². The average Bonchev–Trinajstić information content (AvgIpc) is 2.99. The molecule has 6 unspecified atom stereocenters. The summed E-state index contributed by atoms with van der Waals surface area (Å²) in [5.74, 6) is -0.320. The highest BCUT2D eigenvalue weighted by Crippen LogP contribution is 2.22. The maximum atomic E-state index is 12.5. The van der Waals surface area contributed by atoms with E-state index in [2.05, 4.69) is 13.8 Å². The number of rotatable bonds is 28. The largest absolute Gasteiger partial charge is 0.457 e. The molecule has 1 aliphatic rings. The van der Waals surface area contributed by atoms with Crippen LogP contribution in [0.5, 0.6) is 0 Å².